The highest BCUT2D eigenvalue weighted by Crippen LogP contribution is 2.36. The van der Waals surface area contributed by atoms with Gasteiger partial charge >= 0.3 is 0 Å². The van der Waals surface area contributed by atoms with Gasteiger partial charge in [0.25, 0.3) is 0 Å². The van der Waals surface area contributed by atoms with Gasteiger partial charge in [-0.3, -0.25) is 9.88 Å². The van der Waals surface area contributed by atoms with Gasteiger partial charge in [0.2, 0.25) is 0 Å². The number of phenolic OH excluding ortho intramolecular Hbond substituents is 1. The molecule has 0 aliphatic heterocycles. The Morgan fingerprint density at radius 2 is 1.71 bits per heavy atom. The Kier molecular flexibility index (Phi) is 7.00. The molecule has 0 bridgehead atoms. The Balaban J connectivity index is 1.94. The van der Waals surface area contributed by atoms with Crippen LogP contribution in [0, 0.1) is 0 Å². The van der Waals surface area contributed by atoms with Crippen molar-refractivity contribution in [1.29, 1.82) is 0 Å². The Bertz CT molecular complexity index is 956. The lowest BCUT2D eigenvalue weighted by molar-refractivity contribution is 0.263. The zero-order chi connectivity index (χ0) is 20.1. The zero-order valence-corrected chi connectivity index (χ0v) is 17.7. The molecule has 148 valence electrons. The molecule has 0 fully saturated rings. The number of hydrogen-bond donors (Lipinski definition) is 2. The molecule has 0 saturated heterocycles. The van der Waals surface area contributed by atoms with E-state index in [9.17, 15) is 5.11 Å². The van der Waals surface area contributed by atoms with Crippen molar-refractivity contribution in [3.63, 3.8) is 0 Å². The lowest BCUT2D eigenvalue weighted by Gasteiger charge is -2.22. The van der Waals surface area contributed by atoms with Crippen molar-refractivity contribution in [3.8, 4) is 5.75 Å². The summed E-state index contributed by atoms with van der Waals surface area (Å²) < 4.78 is 0. The summed E-state index contributed by atoms with van der Waals surface area (Å²) in [6, 6.07) is 11.0. The molecule has 28 heavy (non-hydrogen) atoms. The van der Waals surface area contributed by atoms with Crippen LogP contribution in [-0.4, -0.2) is 28.1 Å². The molecule has 1 heterocycles. The summed E-state index contributed by atoms with van der Waals surface area (Å²) in [5.41, 5.74) is 3.02. The normalized spacial score (nSPS) is 11.3. The quantitative estimate of drug-likeness (QED) is 0.404. The van der Waals surface area contributed by atoms with Gasteiger partial charge in [-0.05, 0) is 62.3 Å². The van der Waals surface area contributed by atoms with Gasteiger partial charge in [-0.2, -0.15) is 0 Å². The molecule has 3 rings (SSSR count). The Morgan fingerprint density at radius 1 is 0.964 bits per heavy atom. The van der Waals surface area contributed by atoms with Gasteiger partial charge in [-0.25, -0.2) is 0 Å². The van der Waals surface area contributed by atoms with Gasteiger partial charge in [0.05, 0.1) is 11.2 Å². The van der Waals surface area contributed by atoms with Crippen LogP contribution in [0.5, 0.6) is 5.75 Å². The summed E-state index contributed by atoms with van der Waals surface area (Å²) in [5, 5.41) is 16.4. The van der Waals surface area contributed by atoms with E-state index in [2.05, 4.69) is 29.0 Å². The zero-order valence-electron chi connectivity index (χ0n) is 16.2. The van der Waals surface area contributed by atoms with Crippen LogP contribution in [0.15, 0.2) is 42.6 Å². The smallest absolute Gasteiger partial charge is 0.143 e. The van der Waals surface area contributed by atoms with Crippen LogP contribution in [0.4, 0.5) is 11.4 Å². The molecule has 3 aromatic rings. The molecular formula is C22H25Cl2N3O. The lowest BCUT2D eigenvalue weighted by Crippen LogP contribution is -2.25. The van der Waals surface area contributed by atoms with Crippen LogP contribution in [0.3, 0.4) is 0 Å². The van der Waals surface area contributed by atoms with Crippen LogP contribution >= 0.6 is 23.2 Å². The molecule has 0 aliphatic carbocycles. The van der Waals surface area contributed by atoms with E-state index < -0.39 is 0 Å². The van der Waals surface area contributed by atoms with Crippen LogP contribution in [0.1, 0.15) is 32.3 Å². The van der Waals surface area contributed by atoms with Crippen molar-refractivity contribution < 1.29 is 5.11 Å². The van der Waals surface area contributed by atoms with Crippen LogP contribution in [0.2, 0.25) is 10.0 Å². The molecular weight excluding hydrogens is 393 g/mol. The summed E-state index contributed by atoms with van der Waals surface area (Å²) in [4.78, 5) is 6.69. The second kappa shape index (κ2) is 9.46. The van der Waals surface area contributed by atoms with Crippen molar-refractivity contribution in [2.45, 2.75) is 33.2 Å². The van der Waals surface area contributed by atoms with Crippen molar-refractivity contribution in [2.24, 2.45) is 0 Å². The van der Waals surface area contributed by atoms with E-state index in [1.807, 2.05) is 30.3 Å². The fourth-order valence-electron chi connectivity index (χ4n) is 3.39. The standard InChI is InChI=1S/C22H25Cl2N3O/c1-3-9-27(10-4-2)14-15-11-17(24)13-21(22(15)28)26-19-7-8-25-20-12-16(23)5-6-18(19)20/h5-8,11-13,28H,3-4,9-10,14H2,1-2H3,(H,25,26). The van der Waals surface area contributed by atoms with Gasteiger partial charge in [-0.1, -0.05) is 37.0 Å². The number of pyridine rings is 1. The van der Waals surface area contributed by atoms with Crippen molar-refractivity contribution in [2.75, 3.05) is 18.4 Å². The largest absolute Gasteiger partial charge is 0.505 e. The third-order valence-corrected chi connectivity index (χ3v) is 5.05. The number of benzene rings is 2. The van der Waals surface area contributed by atoms with Gasteiger partial charge < -0.3 is 10.4 Å². The molecule has 0 spiro atoms. The molecule has 2 aromatic carbocycles. The number of aromatic hydroxyl groups is 1. The second-order valence-corrected chi connectivity index (χ2v) is 7.76. The number of aromatic nitrogens is 1. The minimum Gasteiger partial charge on any atom is -0.505 e. The highest BCUT2D eigenvalue weighted by atomic mass is 35.5. The predicted octanol–water partition coefficient (Wildman–Crippen LogP) is 6.61. The third-order valence-electron chi connectivity index (χ3n) is 4.60. The topological polar surface area (TPSA) is 48.4 Å². The minimum absolute atomic E-state index is 0.223. The monoisotopic (exact) mass is 417 g/mol. The summed E-state index contributed by atoms with van der Waals surface area (Å²) >= 11 is 12.4. The van der Waals surface area contributed by atoms with Gasteiger partial charge in [0.15, 0.2) is 0 Å². The van der Waals surface area contributed by atoms with E-state index in [4.69, 9.17) is 23.2 Å². The maximum atomic E-state index is 10.9. The van der Waals surface area contributed by atoms with E-state index in [-0.39, 0.29) is 5.75 Å². The number of rotatable bonds is 8. The molecule has 0 atom stereocenters. The molecule has 0 amide bonds. The minimum atomic E-state index is 0.223. The van der Waals surface area contributed by atoms with Crippen LogP contribution < -0.4 is 5.32 Å². The molecule has 0 saturated carbocycles. The number of anilines is 2. The first kappa shape index (κ1) is 20.7. The van der Waals surface area contributed by atoms with Crippen molar-refractivity contribution >= 4 is 45.5 Å². The Hall–Kier alpha value is -2.01. The maximum Gasteiger partial charge on any atom is 0.143 e. The van der Waals surface area contributed by atoms with Gasteiger partial charge in [-0.15, -0.1) is 0 Å². The Morgan fingerprint density at radius 3 is 2.43 bits per heavy atom. The first-order valence-corrected chi connectivity index (χ1v) is 10.3. The first-order valence-electron chi connectivity index (χ1n) is 9.56. The van der Waals surface area contributed by atoms with E-state index >= 15 is 0 Å². The molecule has 0 radical (unpaired) electrons. The highest BCUT2D eigenvalue weighted by molar-refractivity contribution is 6.31. The van der Waals surface area contributed by atoms with E-state index in [0.717, 1.165) is 48.1 Å². The molecule has 6 heteroatoms. The maximum absolute atomic E-state index is 10.9. The number of phenols is 1. The lowest BCUT2D eigenvalue weighted by atomic mass is 10.1. The van der Waals surface area contributed by atoms with Crippen LogP contribution in [-0.2, 0) is 6.54 Å². The third kappa shape index (κ3) is 4.88. The van der Waals surface area contributed by atoms with Crippen molar-refractivity contribution in [3.05, 3.63) is 58.2 Å². The fraction of sp³-hybridized carbons (Fsp3) is 0.318. The SMILES string of the molecule is CCCN(CCC)Cc1cc(Cl)cc(Nc2ccnc3cc(Cl)ccc23)c1O. The van der Waals surface area contributed by atoms with E-state index in [1.54, 1.807) is 12.3 Å². The number of hydrogen-bond acceptors (Lipinski definition) is 4. The average Bonchev–Trinajstić information content (AvgIpc) is 2.65. The molecule has 0 aliphatic rings. The summed E-state index contributed by atoms with van der Waals surface area (Å²) in [5.74, 6) is 0.223. The first-order chi connectivity index (χ1) is 13.5. The number of nitrogens with one attached hydrogen (secondary N) is 1. The summed E-state index contributed by atoms with van der Waals surface area (Å²) in [6.45, 7) is 6.95. The number of nitrogens with zero attached hydrogens (tertiary/aromatic N) is 2. The number of fused-ring (bicyclic) bond motifs is 1. The van der Waals surface area contributed by atoms with Gasteiger partial charge in [0, 0.05) is 39.4 Å². The summed E-state index contributed by atoms with van der Waals surface area (Å²) in [6.07, 6.45) is 3.85. The van der Waals surface area contributed by atoms with E-state index in [0.29, 0.717) is 22.3 Å². The number of halogens is 2. The highest BCUT2D eigenvalue weighted by Gasteiger charge is 2.14. The molecule has 0 unspecified atom stereocenters. The molecule has 4 nitrogen and oxygen atoms in total. The van der Waals surface area contributed by atoms with Gasteiger partial charge in [0.1, 0.15) is 5.75 Å². The van der Waals surface area contributed by atoms with E-state index in [1.165, 1.54) is 0 Å². The molecule has 1 aromatic heterocycles. The average molecular weight is 418 g/mol. The van der Waals surface area contributed by atoms with Crippen LogP contribution in [0.25, 0.3) is 10.9 Å². The van der Waals surface area contributed by atoms with Crippen molar-refractivity contribution in [1.82, 2.24) is 9.88 Å². The fourth-order valence-corrected chi connectivity index (χ4v) is 3.80. The Labute approximate surface area is 176 Å². The molecule has 2 N–H and O–H groups in total. The predicted molar refractivity (Wildman–Crippen MR) is 119 cm³/mol. The second-order valence-electron chi connectivity index (χ2n) is 6.88. The summed E-state index contributed by atoms with van der Waals surface area (Å²) in [7, 11) is 0.